The van der Waals surface area contributed by atoms with Crippen LogP contribution in [0.15, 0.2) is 11.2 Å². The maximum atomic E-state index is 9.84. The van der Waals surface area contributed by atoms with E-state index in [4.69, 9.17) is 9.84 Å². The molecule has 2 aliphatic rings. The number of aliphatic hydroxyl groups is 1. The van der Waals surface area contributed by atoms with Crippen molar-refractivity contribution in [3.8, 4) is 0 Å². The van der Waals surface area contributed by atoms with E-state index in [0.29, 0.717) is 18.6 Å². The molecule has 7 nitrogen and oxygen atoms in total. The first-order valence-electron chi connectivity index (χ1n) is 9.78. The summed E-state index contributed by atoms with van der Waals surface area (Å²) in [4.78, 5) is 4.38. The fourth-order valence-corrected chi connectivity index (χ4v) is 3.75. The van der Waals surface area contributed by atoms with Gasteiger partial charge in [-0.1, -0.05) is 0 Å². The van der Waals surface area contributed by atoms with Gasteiger partial charge in [0.2, 0.25) is 0 Å². The van der Waals surface area contributed by atoms with Crippen LogP contribution in [0.25, 0.3) is 0 Å². The molecule has 0 saturated carbocycles. The minimum absolute atomic E-state index is 0.106. The number of guanidine groups is 1. The number of fused-ring (bicyclic) bond motifs is 1. The van der Waals surface area contributed by atoms with E-state index in [-0.39, 0.29) is 12.0 Å². The van der Waals surface area contributed by atoms with Gasteiger partial charge in [0.1, 0.15) is 0 Å². The molecule has 0 aromatic carbocycles. The van der Waals surface area contributed by atoms with Gasteiger partial charge in [0.05, 0.1) is 12.3 Å². The number of aliphatic hydroxyl groups excluding tert-OH is 1. The summed E-state index contributed by atoms with van der Waals surface area (Å²) >= 11 is 0. The molecule has 1 aromatic heterocycles. The summed E-state index contributed by atoms with van der Waals surface area (Å²) < 4.78 is 7.51. The van der Waals surface area contributed by atoms with E-state index in [9.17, 15) is 5.11 Å². The van der Waals surface area contributed by atoms with Crippen LogP contribution in [0, 0.1) is 5.41 Å². The Morgan fingerprint density at radius 1 is 1.46 bits per heavy atom. The first kappa shape index (κ1) is 19.2. The van der Waals surface area contributed by atoms with Gasteiger partial charge in [-0.05, 0) is 45.1 Å². The molecule has 26 heavy (non-hydrogen) atoms. The Bertz CT molecular complexity index is 619. The highest BCUT2D eigenvalue weighted by molar-refractivity contribution is 5.80. The Kier molecular flexibility index (Phi) is 6.19. The number of aliphatic imine (C=N–C) groups is 1. The molecular weight excluding hydrogens is 330 g/mol. The van der Waals surface area contributed by atoms with Crippen molar-refractivity contribution in [1.29, 1.82) is 0 Å². The van der Waals surface area contributed by atoms with Crippen molar-refractivity contribution in [2.75, 3.05) is 33.4 Å². The summed E-state index contributed by atoms with van der Waals surface area (Å²) in [5, 5.41) is 21.6. The average Bonchev–Trinajstić information content (AvgIpc) is 3.09. The zero-order valence-electron chi connectivity index (χ0n) is 16.3. The number of nitrogens with one attached hydrogen (secondary N) is 2. The van der Waals surface area contributed by atoms with Crippen molar-refractivity contribution in [3.63, 3.8) is 0 Å². The van der Waals surface area contributed by atoms with Crippen molar-refractivity contribution in [1.82, 2.24) is 20.4 Å². The van der Waals surface area contributed by atoms with Crippen LogP contribution in [0.1, 0.15) is 50.4 Å². The zero-order valence-corrected chi connectivity index (χ0v) is 16.3. The molecule has 2 heterocycles. The standard InChI is InChI=1S/C19H33N5O2/c1-14(2)24-11-15-4-5-16(10-17(15)23-24)22-18(20-3)21-12-19(13-25)6-8-26-9-7-19/h11,14,16,25H,4-10,12-13H2,1-3H3,(H2,20,21,22). The van der Waals surface area contributed by atoms with Crippen LogP contribution < -0.4 is 10.6 Å². The molecular formula is C19H33N5O2. The number of nitrogens with zero attached hydrogens (tertiary/aromatic N) is 3. The van der Waals surface area contributed by atoms with Gasteiger partial charge in [-0.3, -0.25) is 9.67 Å². The summed E-state index contributed by atoms with van der Waals surface area (Å²) in [6.07, 6.45) is 7.01. The van der Waals surface area contributed by atoms with Crippen LogP contribution in [0.2, 0.25) is 0 Å². The Labute approximate surface area is 156 Å². The lowest BCUT2D eigenvalue weighted by atomic mass is 9.81. The second kappa shape index (κ2) is 8.39. The fourth-order valence-electron chi connectivity index (χ4n) is 3.75. The van der Waals surface area contributed by atoms with Crippen molar-refractivity contribution >= 4 is 5.96 Å². The molecule has 1 saturated heterocycles. The maximum Gasteiger partial charge on any atom is 0.191 e. The van der Waals surface area contributed by atoms with Gasteiger partial charge < -0.3 is 20.5 Å². The molecule has 1 aromatic rings. The van der Waals surface area contributed by atoms with E-state index >= 15 is 0 Å². The lowest BCUT2D eigenvalue weighted by Crippen LogP contribution is -2.50. The van der Waals surface area contributed by atoms with Crippen LogP contribution in [0.4, 0.5) is 0 Å². The van der Waals surface area contributed by atoms with Gasteiger partial charge in [-0.25, -0.2) is 0 Å². The topological polar surface area (TPSA) is 83.7 Å². The third-order valence-corrected chi connectivity index (χ3v) is 5.71. The first-order chi connectivity index (χ1) is 12.5. The largest absolute Gasteiger partial charge is 0.396 e. The predicted octanol–water partition coefficient (Wildman–Crippen LogP) is 1.28. The van der Waals surface area contributed by atoms with Crippen LogP contribution >= 0.6 is 0 Å². The second-order valence-corrected chi connectivity index (χ2v) is 7.96. The summed E-state index contributed by atoms with van der Waals surface area (Å²) in [6.45, 7) is 6.66. The molecule has 0 spiro atoms. The molecule has 0 bridgehead atoms. The lowest BCUT2D eigenvalue weighted by molar-refractivity contribution is -0.0132. The predicted molar refractivity (Wildman–Crippen MR) is 102 cm³/mol. The van der Waals surface area contributed by atoms with Gasteiger partial charge >= 0.3 is 0 Å². The van der Waals surface area contributed by atoms with Crippen LogP contribution in [0.3, 0.4) is 0 Å². The Balaban J connectivity index is 1.55. The monoisotopic (exact) mass is 363 g/mol. The number of aromatic nitrogens is 2. The molecule has 1 unspecified atom stereocenters. The fraction of sp³-hybridized carbons (Fsp3) is 0.789. The number of hydrogen-bond acceptors (Lipinski definition) is 4. The van der Waals surface area contributed by atoms with Crippen molar-refractivity contribution in [2.24, 2.45) is 10.4 Å². The van der Waals surface area contributed by atoms with E-state index in [1.54, 1.807) is 7.05 Å². The number of aryl methyl sites for hydroxylation is 1. The minimum Gasteiger partial charge on any atom is -0.396 e. The SMILES string of the molecule is CN=C(NCC1(CO)CCOCC1)NC1CCc2cn(C(C)C)nc2C1. The molecule has 0 radical (unpaired) electrons. The lowest BCUT2D eigenvalue weighted by Gasteiger charge is -2.36. The molecule has 1 atom stereocenters. The summed E-state index contributed by atoms with van der Waals surface area (Å²) in [6, 6.07) is 0.736. The van der Waals surface area contributed by atoms with Gasteiger partial charge in [-0.2, -0.15) is 5.10 Å². The van der Waals surface area contributed by atoms with Gasteiger partial charge in [-0.15, -0.1) is 0 Å². The highest BCUT2D eigenvalue weighted by Crippen LogP contribution is 2.29. The zero-order chi connectivity index (χ0) is 18.6. The number of ether oxygens (including phenoxy) is 1. The summed E-state index contributed by atoms with van der Waals surface area (Å²) in [5.41, 5.74) is 2.47. The molecule has 146 valence electrons. The summed E-state index contributed by atoms with van der Waals surface area (Å²) in [5.74, 6) is 0.807. The Morgan fingerprint density at radius 2 is 2.23 bits per heavy atom. The second-order valence-electron chi connectivity index (χ2n) is 7.96. The third kappa shape index (κ3) is 4.38. The molecule has 3 rings (SSSR count). The van der Waals surface area contributed by atoms with Crippen LogP contribution in [-0.2, 0) is 17.6 Å². The molecule has 3 N–H and O–H groups in total. The highest BCUT2D eigenvalue weighted by Gasteiger charge is 2.32. The maximum absolute atomic E-state index is 9.84. The van der Waals surface area contributed by atoms with Crippen molar-refractivity contribution in [3.05, 3.63) is 17.5 Å². The van der Waals surface area contributed by atoms with E-state index in [0.717, 1.165) is 51.3 Å². The molecule has 0 amide bonds. The molecule has 1 fully saturated rings. The molecule has 1 aliphatic carbocycles. The summed E-state index contributed by atoms with van der Waals surface area (Å²) in [7, 11) is 1.80. The number of hydrogen-bond donors (Lipinski definition) is 3. The third-order valence-electron chi connectivity index (χ3n) is 5.71. The highest BCUT2D eigenvalue weighted by atomic mass is 16.5. The van der Waals surface area contributed by atoms with Crippen LogP contribution in [0.5, 0.6) is 0 Å². The van der Waals surface area contributed by atoms with Gasteiger partial charge in [0, 0.05) is 56.9 Å². The van der Waals surface area contributed by atoms with Gasteiger partial charge in [0.15, 0.2) is 5.96 Å². The molecule has 1 aliphatic heterocycles. The van der Waals surface area contributed by atoms with E-state index in [2.05, 4.69) is 40.4 Å². The van der Waals surface area contributed by atoms with Crippen molar-refractivity contribution in [2.45, 2.75) is 58.0 Å². The smallest absolute Gasteiger partial charge is 0.191 e. The first-order valence-corrected chi connectivity index (χ1v) is 9.78. The van der Waals surface area contributed by atoms with Crippen LogP contribution in [-0.4, -0.2) is 60.3 Å². The quantitative estimate of drug-likeness (QED) is 0.542. The minimum atomic E-state index is -0.106. The Hall–Kier alpha value is -1.60. The van der Waals surface area contributed by atoms with E-state index in [1.807, 2.05) is 0 Å². The number of rotatable bonds is 5. The average molecular weight is 364 g/mol. The van der Waals surface area contributed by atoms with E-state index < -0.39 is 0 Å². The normalized spacial score (nSPS) is 23.0. The van der Waals surface area contributed by atoms with Crippen molar-refractivity contribution < 1.29 is 9.84 Å². The van der Waals surface area contributed by atoms with Gasteiger partial charge in [0.25, 0.3) is 0 Å². The Morgan fingerprint density at radius 3 is 2.88 bits per heavy atom. The van der Waals surface area contributed by atoms with E-state index in [1.165, 1.54) is 11.3 Å². The molecule has 7 heteroatoms.